The average molecular weight is 410 g/mol. The molecule has 150 valence electrons. The summed E-state index contributed by atoms with van der Waals surface area (Å²) in [5.74, 6) is 0. The zero-order chi connectivity index (χ0) is 20.6. The van der Waals surface area contributed by atoms with Gasteiger partial charge in [-0.1, -0.05) is 69.0 Å². The Kier molecular flexibility index (Phi) is 8.24. The van der Waals surface area contributed by atoms with Crippen LogP contribution < -0.4 is 0 Å². The lowest BCUT2D eigenvalue weighted by Gasteiger charge is -2.34. The molecule has 0 aliphatic rings. The van der Waals surface area contributed by atoms with Crippen molar-refractivity contribution in [2.45, 2.75) is 70.9 Å². The van der Waals surface area contributed by atoms with Crippen LogP contribution in [0.4, 0.5) is 0 Å². The lowest BCUT2D eigenvalue weighted by Crippen LogP contribution is -2.46. The summed E-state index contributed by atoms with van der Waals surface area (Å²) >= 11 is 0. The second-order valence-electron chi connectivity index (χ2n) is 8.99. The van der Waals surface area contributed by atoms with Crippen molar-refractivity contribution in [1.29, 1.82) is 5.26 Å². The van der Waals surface area contributed by atoms with Crippen molar-refractivity contribution in [1.82, 2.24) is 0 Å². The van der Waals surface area contributed by atoms with E-state index in [9.17, 15) is 0 Å². The summed E-state index contributed by atoms with van der Waals surface area (Å²) in [5.41, 5.74) is 4.41. The third-order valence-electron chi connectivity index (χ3n) is 5.12. The van der Waals surface area contributed by atoms with Crippen LogP contribution in [0, 0.1) is 11.3 Å². The molecule has 2 aromatic rings. The van der Waals surface area contributed by atoms with Crippen LogP contribution in [0.5, 0.6) is 0 Å². The zero-order valence-corrected chi connectivity index (χ0v) is 20.2. The third kappa shape index (κ3) is 7.39. The van der Waals surface area contributed by atoms with Gasteiger partial charge in [-0.25, -0.2) is 0 Å². The predicted octanol–water partition coefficient (Wildman–Crippen LogP) is 7.31. The first-order chi connectivity index (χ1) is 13.2. The summed E-state index contributed by atoms with van der Waals surface area (Å²) in [7, 11) is -3.31. The molecule has 0 atom stereocenters. The molecule has 0 bridgehead atoms. The molecule has 0 unspecified atom stereocenters. The van der Waals surface area contributed by atoms with Crippen LogP contribution >= 0.6 is 0 Å². The molecule has 0 fully saturated rings. The minimum absolute atomic E-state index is 0.701. The topological polar surface area (TPSA) is 33.0 Å². The van der Waals surface area contributed by atoms with Crippen molar-refractivity contribution in [3.8, 4) is 17.2 Å². The molecule has 28 heavy (non-hydrogen) atoms. The highest BCUT2D eigenvalue weighted by Gasteiger charge is 2.32. The molecule has 0 aliphatic heterocycles. The molecule has 0 aliphatic carbocycles. The molecule has 2 nitrogen and oxygen atoms in total. The SMILES string of the molecule is CCCCCC[Si](C)(C)O[Si](C)(C)Cc1ccc(-c2ccc(C#N)cc2)cc1. The van der Waals surface area contributed by atoms with Gasteiger partial charge in [-0.3, -0.25) is 0 Å². The predicted molar refractivity (Wildman–Crippen MR) is 125 cm³/mol. The minimum Gasteiger partial charge on any atom is -0.455 e. The number of nitriles is 1. The first-order valence-electron chi connectivity index (χ1n) is 10.5. The quantitative estimate of drug-likeness (QED) is 0.304. The Morgan fingerprint density at radius 1 is 0.786 bits per heavy atom. The van der Waals surface area contributed by atoms with Gasteiger partial charge in [0.05, 0.1) is 11.6 Å². The van der Waals surface area contributed by atoms with Gasteiger partial charge < -0.3 is 4.12 Å². The lowest BCUT2D eigenvalue weighted by molar-refractivity contribution is 0.529. The normalized spacial score (nSPS) is 12.0. The molecule has 0 aromatic heterocycles. The maximum Gasteiger partial charge on any atom is 0.177 e. The van der Waals surface area contributed by atoms with Gasteiger partial charge in [-0.15, -0.1) is 0 Å². The van der Waals surface area contributed by atoms with Gasteiger partial charge in [0, 0.05) is 0 Å². The summed E-state index contributed by atoms with van der Waals surface area (Å²) in [4.78, 5) is 0. The number of nitrogens with zero attached hydrogens (tertiary/aromatic N) is 1. The first kappa shape index (κ1) is 22.6. The van der Waals surface area contributed by atoms with Crippen molar-refractivity contribution >= 4 is 16.6 Å². The molecule has 4 heteroatoms. The van der Waals surface area contributed by atoms with Gasteiger partial charge >= 0.3 is 0 Å². The van der Waals surface area contributed by atoms with E-state index in [4.69, 9.17) is 9.38 Å². The summed E-state index contributed by atoms with van der Waals surface area (Å²) in [5, 5.41) is 8.94. The van der Waals surface area contributed by atoms with Gasteiger partial charge in [0.2, 0.25) is 0 Å². The number of unbranched alkanes of at least 4 members (excludes halogenated alkanes) is 3. The molecule has 0 N–H and O–H groups in total. The minimum atomic E-state index is -1.73. The van der Waals surface area contributed by atoms with Crippen molar-refractivity contribution in [2.24, 2.45) is 0 Å². The standard InChI is InChI=1S/C24H35NOSi2/c1-6-7-8-9-18-27(2,3)26-28(4,5)20-22-12-16-24(17-13-22)23-14-10-21(19-25)11-15-23/h10-17H,6-9,18,20H2,1-5H3. The Balaban J connectivity index is 1.96. The van der Waals surface area contributed by atoms with Gasteiger partial charge in [-0.2, -0.15) is 5.26 Å². The van der Waals surface area contributed by atoms with Crippen LogP contribution in [0.2, 0.25) is 32.2 Å². The van der Waals surface area contributed by atoms with Crippen LogP contribution in [0.3, 0.4) is 0 Å². The Morgan fingerprint density at radius 3 is 1.89 bits per heavy atom. The molecule has 0 spiro atoms. The third-order valence-corrected chi connectivity index (χ3v) is 12.4. The van der Waals surface area contributed by atoms with Gasteiger partial charge in [-0.05, 0) is 67.1 Å². The van der Waals surface area contributed by atoms with E-state index in [0.717, 1.165) is 11.6 Å². The maximum absolute atomic E-state index is 8.94. The summed E-state index contributed by atoms with van der Waals surface area (Å²) < 4.78 is 6.80. The number of hydrogen-bond acceptors (Lipinski definition) is 2. The highest BCUT2D eigenvalue weighted by Crippen LogP contribution is 2.25. The van der Waals surface area contributed by atoms with Crippen LogP contribution in [-0.2, 0) is 10.2 Å². The fourth-order valence-corrected chi connectivity index (χ4v) is 12.9. The number of hydrogen-bond donors (Lipinski definition) is 0. The van der Waals surface area contributed by atoms with E-state index >= 15 is 0 Å². The molecule has 2 rings (SSSR count). The van der Waals surface area contributed by atoms with Crippen molar-refractivity contribution in [3.63, 3.8) is 0 Å². The Bertz CT molecular complexity index is 774. The molecule has 0 heterocycles. The van der Waals surface area contributed by atoms with E-state index in [1.54, 1.807) is 0 Å². The van der Waals surface area contributed by atoms with E-state index < -0.39 is 16.6 Å². The van der Waals surface area contributed by atoms with Crippen LogP contribution in [-0.4, -0.2) is 16.6 Å². The fraction of sp³-hybridized carbons (Fsp3) is 0.458. The maximum atomic E-state index is 8.94. The average Bonchev–Trinajstić information content (AvgIpc) is 2.65. The lowest BCUT2D eigenvalue weighted by atomic mass is 10.0. The first-order valence-corrected chi connectivity index (χ1v) is 16.8. The van der Waals surface area contributed by atoms with Crippen molar-refractivity contribution < 1.29 is 4.12 Å². The highest BCUT2D eigenvalue weighted by atomic mass is 28.4. The summed E-state index contributed by atoms with van der Waals surface area (Å²) in [6.45, 7) is 11.8. The van der Waals surface area contributed by atoms with Crippen LogP contribution in [0.25, 0.3) is 11.1 Å². The molecular formula is C24H35NOSi2. The Hall–Kier alpha value is -1.68. The van der Waals surface area contributed by atoms with Crippen molar-refractivity contribution in [2.75, 3.05) is 0 Å². The van der Waals surface area contributed by atoms with Gasteiger partial charge in [0.1, 0.15) is 0 Å². The van der Waals surface area contributed by atoms with E-state index in [2.05, 4.69) is 63.4 Å². The number of rotatable bonds is 10. The largest absolute Gasteiger partial charge is 0.455 e. The summed E-state index contributed by atoms with van der Waals surface area (Å²) in [6, 6.07) is 21.1. The monoisotopic (exact) mass is 409 g/mol. The van der Waals surface area contributed by atoms with E-state index in [0.29, 0.717) is 5.56 Å². The Labute approximate surface area is 173 Å². The van der Waals surface area contributed by atoms with Gasteiger partial charge in [0.15, 0.2) is 16.6 Å². The number of benzene rings is 2. The van der Waals surface area contributed by atoms with Gasteiger partial charge in [0.25, 0.3) is 0 Å². The zero-order valence-electron chi connectivity index (χ0n) is 18.2. The molecule has 0 saturated carbocycles. The second-order valence-corrected chi connectivity index (χ2v) is 17.7. The molecule has 0 saturated heterocycles. The molecule has 2 aromatic carbocycles. The smallest absolute Gasteiger partial charge is 0.177 e. The fourth-order valence-electron chi connectivity index (χ4n) is 3.86. The highest BCUT2D eigenvalue weighted by molar-refractivity contribution is 6.84. The van der Waals surface area contributed by atoms with E-state index in [-0.39, 0.29) is 0 Å². The van der Waals surface area contributed by atoms with Crippen LogP contribution in [0.15, 0.2) is 48.5 Å². The van der Waals surface area contributed by atoms with E-state index in [1.165, 1.54) is 42.9 Å². The Morgan fingerprint density at radius 2 is 1.36 bits per heavy atom. The van der Waals surface area contributed by atoms with E-state index in [1.807, 2.05) is 24.3 Å². The summed E-state index contributed by atoms with van der Waals surface area (Å²) in [6.07, 6.45) is 5.30. The second kappa shape index (κ2) is 10.2. The molecule has 0 amide bonds. The molecular weight excluding hydrogens is 374 g/mol. The van der Waals surface area contributed by atoms with Crippen LogP contribution in [0.1, 0.15) is 43.7 Å². The van der Waals surface area contributed by atoms with Crippen molar-refractivity contribution in [3.05, 3.63) is 59.7 Å². The molecule has 0 radical (unpaired) electrons.